The number of hydrogen-bond donors (Lipinski definition) is 0. The molecule has 0 bridgehead atoms. The molecule has 0 aromatic heterocycles. The Kier molecular flexibility index (Phi) is 32.7. The molecule has 111 heavy (non-hydrogen) atoms. The molecule has 6 saturated heterocycles. The Bertz CT molecular complexity index is 3690. The maximum Gasteiger partial charge on any atom is 0.468 e. The Hall–Kier alpha value is -6.04. The van der Waals surface area contributed by atoms with Gasteiger partial charge in [-0.3, -0.25) is 13.8 Å². The highest BCUT2D eigenvalue weighted by atomic mass is 31.1. The second-order valence-electron chi connectivity index (χ2n) is 30.6. The van der Waals surface area contributed by atoms with Crippen LogP contribution in [-0.2, 0) is 119 Å². The molecular weight excluding hydrogens is 1480 g/mol. The molecule has 29 heteroatoms. The lowest BCUT2D eigenvalue weighted by atomic mass is 9.81. The van der Waals surface area contributed by atoms with Crippen LogP contribution in [0.25, 0.3) is 0 Å². The number of rotatable bonds is 34. The van der Waals surface area contributed by atoms with Crippen molar-refractivity contribution in [1.29, 1.82) is 0 Å². The molecule has 612 valence electrons. The van der Waals surface area contributed by atoms with Gasteiger partial charge in [0.05, 0.1) is 106 Å². The standard InChI is InChI=1S/C82H112O27P2/c1-15-60-45(3)50(8)69(108-80-70(105-75(85)58-34-25-19-26-35-58)53(11)48(6)64(102-80)43-96-110(87)88)78(98-60)94-41-62-47(5)52(10)68(104-74(84)57-32-23-18-24-33-57)77(100-62)95-42-63-55(13)67(73(93-40-56-30-21-17-22-31-56)79(101-63)92-39-29-38-66(83)91-14)107-82-72(51(9)46(4)61(16-2)99-82)109-81-71(106-76(86)59-36-27-20-28-37-59)54(12)49(7)65(103-81)44-97-111(89)90/h17-28,30-37,45-55,60-65,67-73,77-82H,15-16,29,38-44H2,1-14H3/t45-,46-,47-,48-,49-,50+,51+,52+,53+,54+,55+,60?,61?,62?,63?,64?,65?,67+,68?,69?,70?,71?,72?,73?,77-,78-,79-,80+,81+,82+/m1/s1. The van der Waals surface area contributed by atoms with E-state index in [2.05, 4.69) is 13.8 Å². The highest BCUT2D eigenvalue weighted by Gasteiger charge is 2.56. The molecule has 6 aliphatic heterocycles. The molecule has 6 aliphatic rings. The second kappa shape index (κ2) is 41.5. The quantitative estimate of drug-likeness (QED) is 0.0181. The maximum absolute atomic E-state index is 14.4. The third kappa shape index (κ3) is 22.3. The Morgan fingerprint density at radius 1 is 0.342 bits per heavy atom. The fourth-order valence-electron chi connectivity index (χ4n) is 15.7. The monoisotopic (exact) mass is 1590 g/mol. The summed E-state index contributed by atoms with van der Waals surface area (Å²) in [5.74, 6) is -6.26. The molecule has 0 N–H and O–H groups in total. The number of methoxy groups -OCH3 is 1. The van der Waals surface area contributed by atoms with Crippen molar-refractivity contribution in [2.75, 3.05) is 40.1 Å². The number of ether oxygens (including phenoxy) is 17. The minimum Gasteiger partial charge on any atom is -0.469 e. The van der Waals surface area contributed by atoms with Gasteiger partial charge >= 0.3 is 39.7 Å². The molecule has 0 aliphatic carbocycles. The van der Waals surface area contributed by atoms with Crippen molar-refractivity contribution in [1.82, 2.24) is 0 Å². The molecule has 4 aromatic carbocycles. The van der Waals surface area contributed by atoms with Crippen LogP contribution < -0.4 is 0 Å². The van der Waals surface area contributed by atoms with E-state index in [0.717, 1.165) is 5.56 Å². The van der Waals surface area contributed by atoms with Crippen LogP contribution >= 0.6 is 15.8 Å². The fraction of sp³-hybridized carbons (Fsp3) is 0.659. The number of hydrogen-bond acceptors (Lipinski definition) is 27. The minimum atomic E-state index is -3.25. The smallest absolute Gasteiger partial charge is 0.468 e. The second-order valence-corrected chi connectivity index (χ2v) is 32.0. The van der Waals surface area contributed by atoms with E-state index in [0.29, 0.717) is 29.5 Å². The topological polar surface area (TPSA) is 312 Å². The van der Waals surface area contributed by atoms with Gasteiger partial charge in [-0.05, 0) is 103 Å². The molecule has 0 amide bonds. The van der Waals surface area contributed by atoms with Crippen LogP contribution in [0.4, 0.5) is 0 Å². The summed E-state index contributed by atoms with van der Waals surface area (Å²) in [6.45, 7) is 24.7. The van der Waals surface area contributed by atoms with Crippen molar-refractivity contribution < 1.29 is 127 Å². The van der Waals surface area contributed by atoms with E-state index < -0.39 is 174 Å². The summed E-state index contributed by atoms with van der Waals surface area (Å²) in [6, 6.07) is 35.2. The maximum atomic E-state index is 14.4. The van der Waals surface area contributed by atoms with Gasteiger partial charge in [0.1, 0.15) is 18.3 Å². The summed E-state index contributed by atoms with van der Waals surface area (Å²) < 4.78 is 173. The lowest BCUT2D eigenvalue weighted by Gasteiger charge is -2.51. The Morgan fingerprint density at radius 2 is 0.658 bits per heavy atom. The van der Waals surface area contributed by atoms with Crippen molar-refractivity contribution in [2.45, 2.75) is 239 Å². The van der Waals surface area contributed by atoms with Crippen LogP contribution in [0.2, 0.25) is 0 Å². The van der Waals surface area contributed by atoms with Crippen LogP contribution in [0.3, 0.4) is 0 Å². The van der Waals surface area contributed by atoms with Crippen molar-refractivity contribution in [3.8, 4) is 0 Å². The molecule has 6 heterocycles. The molecule has 0 radical (unpaired) electrons. The van der Waals surface area contributed by atoms with Gasteiger partial charge in [0.25, 0.3) is 0 Å². The third-order valence-corrected chi connectivity index (χ3v) is 24.6. The van der Waals surface area contributed by atoms with E-state index in [1.807, 2.05) is 106 Å². The van der Waals surface area contributed by atoms with Gasteiger partial charge in [0.2, 0.25) is 0 Å². The van der Waals surface area contributed by atoms with E-state index in [1.54, 1.807) is 91.0 Å². The van der Waals surface area contributed by atoms with Crippen molar-refractivity contribution >= 4 is 39.7 Å². The molecule has 6 fully saturated rings. The molecule has 0 saturated carbocycles. The van der Waals surface area contributed by atoms with Gasteiger partial charge in [-0.1, -0.05) is 175 Å². The van der Waals surface area contributed by atoms with Gasteiger partial charge in [-0.15, -0.1) is 0 Å². The average molecular weight is 1590 g/mol. The Balaban J connectivity index is 0.969. The SMILES string of the molecule is CCC1O[C@@H](OCC2O[C@@H](OCC3O[C@@H](OCCCC(=O)OC)C(OCc4ccccc4)[C@@H](O[C@@H]4OC(CC)[C@H](C)[C@H](C)C4O[C@@H]4OC(COP(=O)=O)[C@H](C)[C@H](C)C4OC(=O)c4ccccc4)[C@H]3C)C(OC(=O)c3ccccc3)[C@@H](C)[C@H]2C)C(O[C@@H]2OC(COP(=O)=O)[C@H](C)[C@H](C)C2OC(=O)c2ccccc2)[C@@H](C)[C@H]1C. The van der Waals surface area contributed by atoms with Crippen molar-refractivity contribution in [3.05, 3.63) is 144 Å². The summed E-state index contributed by atoms with van der Waals surface area (Å²) in [4.78, 5) is 54.9. The highest BCUT2D eigenvalue weighted by molar-refractivity contribution is 7.24. The van der Waals surface area contributed by atoms with Gasteiger partial charge < -0.3 is 80.5 Å². The first-order valence-corrected chi connectivity index (χ1v) is 41.3. The first-order valence-electron chi connectivity index (χ1n) is 39.1. The first-order chi connectivity index (χ1) is 53.3. The first kappa shape index (κ1) is 87.3. The molecule has 10 rings (SSSR count). The zero-order chi connectivity index (χ0) is 79.7. The number of carbonyl (C=O) groups is 4. The lowest BCUT2D eigenvalue weighted by molar-refractivity contribution is -0.377. The summed E-state index contributed by atoms with van der Waals surface area (Å²) in [6.07, 6.45) is -16.7. The van der Waals surface area contributed by atoms with E-state index in [9.17, 15) is 37.4 Å². The molecule has 30 atom stereocenters. The van der Waals surface area contributed by atoms with Crippen LogP contribution in [0, 0.1) is 65.1 Å². The molecular formula is C82H112O27P2. The largest absolute Gasteiger partial charge is 0.469 e. The summed E-state index contributed by atoms with van der Waals surface area (Å²) in [7, 11) is -5.17. The van der Waals surface area contributed by atoms with E-state index in [-0.39, 0.29) is 100 Å². The van der Waals surface area contributed by atoms with Crippen LogP contribution in [0.15, 0.2) is 121 Å². The van der Waals surface area contributed by atoms with Crippen molar-refractivity contribution in [3.63, 3.8) is 0 Å². The molecule has 0 spiro atoms. The summed E-state index contributed by atoms with van der Waals surface area (Å²) in [5.41, 5.74) is 1.74. The highest BCUT2D eigenvalue weighted by Crippen LogP contribution is 2.45. The molecule has 27 nitrogen and oxygen atoms in total. The molecule has 4 aromatic rings. The van der Waals surface area contributed by atoms with E-state index in [4.69, 9.17) is 89.6 Å². The lowest BCUT2D eigenvalue weighted by Crippen LogP contribution is -2.62. The van der Waals surface area contributed by atoms with Crippen LogP contribution in [0.1, 0.15) is 152 Å². The molecule has 12 unspecified atom stereocenters. The summed E-state index contributed by atoms with van der Waals surface area (Å²) in [5, 5.41) is 0. The minimum absolute atomic E-state index is 0.00539. The van der Waals surface area contributed by atoms with Gasteiger partial charge in [0.15, 0.2) is 56.1 Å². The average Bonchev–Trinajstić information content (AvgIpc) is 0.773. The fourth-order valence-corrected chi connectivity index (χ4v) is 16.2. The number of carbonyl (C=O) groups excluding carboxylic acids is 4. The van der Waals surface area contributed by atoms with E-state index in [1.165, 1.54) is 7.11 Å². The normalized spacial score (nSPS) is 36.4. The van der Waals surface area contributed by atoms with Crippen molar-refractivity contribution in [2.24, 2.45) is 65.1 Å². The zero-order valence-electron chi connectivity index (χ0n) is 65.9. The van der Waals surface area contributed by atoms with E-state index >= 15 is 0 Å². The number of benzene rings is 4. The van der Waals surface area contributed by atoms with Gasteiger partial charge in [-0.2, -0.15) is 0 Å². The van der Waals surface area contributed by atoms with Gasteiger partial charge in [-0.25, -0.2) is 32.6 Å². The third-order valence-electron chi connectivity index (χ3n) is 23.9. The predicted molar refractivity (Wildman–Crippen MR) is 398 cm³/mol. The zero-order valence-corrected chi connectivity index (χ0v) is 67.6. The summed E-state index contributed by atoms with van der Waals surface area (Å²) >= 11 is 0. The Labute approximate surface area is 652 Å². The Morgan fingerprint density at radius 3 is 1.07 bits per heavy atom. The van der Waals surface area contributed by atoms with Gasteiger partial charge in [0, 0.05) is 30.1 Å². The van der Waals surface area contributed by atoms with Crippen LogP contribution in [0.5, 0.6) is 0 Å². The van der Waals surface area contributed by atoms with Crippen LogP contribution in [-0.4, -0.2) is 181 Å². The predicted octanol–water partition coefficient (Wildman–Crippen LogP) is 13.8. The number of esters is 4.